The summed E-state index contributed by atoms with van der Waals surface area (Å²) in [5.41, 5.74) is 8.06. The molecule has 1 amide bonds. The van der Waals surface area contributed by atoms with Crippen LogP contribution in [-0.4, -0.2) is 36.3 Å². The number of hydrogen-bond donors (Lipinski definition) is 3. The fourth-order valence-electron chi connectivity index (χ4n) is 3.41. The van der Waals surface area contributed by atoms with Gasteiger partial charge in [0.05, 0.1) is 24.0 Å². The van der Waals surface area contributed by atoms with Crippen molar-refractivity contribution in [1.82, 2.24) is 0 Å². The van der Waals surface area contributed by atoms with Gasteiger partial charge >= 0.3 is 13.0 Å². The number of pyridine rings is 1. The van der Waals surface area contributed by atoms with Crippen molar-refractivity contribution in [3.05, 3.63) is 53.7 Å². The third kappa shape index (κ3) is 4.15. The van der Waals surface area contributed by atoms with E-state index in [2.05, 4.69) is 6.07 Å². The summed E-state index contributed by atoms with van der Waals surface area (Å²) in [5, 5.41) is 18.1. The van der Waals surface area contributed by atoms with E-state index in [0.29, 0.717) is 18.9 Å². The van der Waals surface area contributed by atoms with E-state index in [-0.39, 0.29) is 6.29 Å². The van der Waals surface area contributed by atoms with Crippen molar-refractivity contribution in [2.24, 2.45) is 12.8 Å². The second-order valence-corrected chi connectivity index (χ2v) is 6.65. The first-order chi connectivity index (χ1) is 13.4. The maximum atomic E-state index is 12.0. The van der Waals surface area contributed by atoms with Gasteiger partial charge in [0.1, 0.15) is 7.05 Å². The summed E-state index contributed by atoms with van der Waals surface area (Å²) in [5.74, 6) is -0.432. The van der Waals surface area contributed by atoms with Gasteiger partial charge < -0.3 is 25.3 Å². The molecular formula is C20H24BN2O5+. The van der Waals surface area contributed by atoms with Crippen molar-refractivity contribution in [1.29, 1.82) is 0 Å². The molecule has 7 nitrogen and oxygen atoms in total. The number of nitrogens with zero attached hydrogens (tertiary/aromatic N) is 1. The van der Waals surface area contributed by atoms with Gasteiger partial charge in [-0.2, -0.15) is 4.57 Å². The summed E-state index contributed by atoms with van der Waals surface area (Å²) in [7, 11) is 0.697. The quantitative estimate of drug-likeness (QED) is 0.353. The van der Waals surface area contributed by atoms with Gasteiger partial charge in [-0.1, -0.05) is 18.2 Å². The number of fused-ring (bicyclic) bond motifs is 3. The Labute approximate surface area is 163 Å². The Balaban J connectivity index is 0.000000516. The van der Waals surface area contributed by atoms with E-state index in [1.165, 1.54) is 6.82 Å². The molecule has 1 saturated heterocycles. The highest BCUT2D eigenvalue weighted by Crippen LogP contribution is 2.30. The van der Waals surface area contributed by atoms with Gasteiger partial charge in [-0.25, -0.2) is 0 Å². The molecule has 8 heteroatoms. The smallest absolute Gasteiger partial charge is 0.427 e. The summed E-state index contributed by atoms with van der Waals surface area (Å²) in [6.45, 7) is 2.69. The molecule has 0 atom stereocenters. The zero-order chi connectivity index (χ0) is 20.3. The summed E-state index contributed by atoms with van der Waals surface area (Å²) in [6, 6.07) is 13.9. The predicted molar refractivity (Wildman–Crippen MR) is 106 cm³/mol. The molecule has 4 N–H and O–H groups in total. The SMILES string of the molecule is CB(O)O.C[n+]1c(C(N)=O)c2ccccc2c2cc(C3OCCCO3)ccc21. The van der Waals surface area contributed by atoms with Crippen LogP contribution in [0.2, 0.25) is 6.82 Å². The molecule has 2 heterocycles. The third-order valence-corrected chi connectivity index (χ3v) is 4.52. The first kappa shape index (κ1) is 20.2. The van der Waals surface area contributed by atoms with Gasteiger partial charge in [0, 0.05) is 17.0 Å². The van der Waals surface area contributed by atoms with Crippen molar-refractivity contribution in [3.63, 3.8) is 0 Å². The molecule has 0 bridgehead atoms. The fourth-order valence-corrected chi connectivity index (χ4v) is 3.41. The molecule has 0 unspecified atom stereocenters. The van der Waals surface area contributed by atoms with E-state index in [1.54, 1.807) is 0 Å². The van der Waals surface area contributed by atoms with Crippen molar-refractivity contribution in [2.45, 2.75) is 19.5 Å². The third-order valence-electron chi connectivity index (χ3n) is 4.52. The lowest BCUT2D eigenvalue weighted by Gasteiger charge is -2.23. The summed E-state index contributed by atoms with van der Waals surface area (Å²) < 4.78 is 13.3. The topological polar surface area (TPSA) is 106 Å². The Kier molecular flexibility index (Phi) is 6.26. The van der Waals surface area contributed by atoms with Gasteiger partial charge in [0.25, 0.3) is 5.69 Å². The largest absolute Gasteiger partial charge is 0.448 e. The molecule has 1 aliphatic heterocycles. The van der Waals surface area contributed by atoms with Crippen LogP contribution in [0.5, 0.6) is 0 Å². The highest BCUT2D eigenvalue weighted by molar-refractivity contribution is 6.38. The molecule has 28 heavy (non-hydrogen) atoms. The maximum absolute atomic E-state index is 12.0. The number of hydrogen-bond acceptors (Lipinski definition) is 5. The molecule has 1 aromatic heterocycles. The van der Waals surface area contributed by atoms with Gasteiger partial charge in [0.15, 0.2) is 6.29 Å². The van der Waals surface area contributed by atoms with Crippen LogP contribution in [0.4, 0.5) is 0 Å². The molecule has 2 aromatic carbocycles. The number of carbonyl (C=O) groups excluding carboxylic acids is 1. The van der Waals surface area contributed by atoms with Crippen LogP contribution in [0, 0.1) is 0 Å². The minimum atomic E-state index is -1.17. The molecule has 1 aliphatic rings. The molecule has 3 aromatic rings. The number of aromatic nitrogens is 1. The second kappa shape index (κ2) is 8.66. The average molecular weight is 383 g/mol. The highest BCUT2D eigenvalue weighted by Gasteiger charge is 2.24. The lowest BCUT2D eigenvalue weighted by Crippen LogP contribution is -2.39. The minimum Gasteiger partial charge on any atom is -0.427 e. The molecule has 146 valence electrons. The van der Waals surface area contributed by atoms with Crippen molar-refractivity contribution >= 4 is 34.7 Å². The average Bonchev–Trinajstić information content (AvgIpc) is 2.68. The highest BCUT2D eigenvalue weighted by atomic mass is 16.7. The Bertz CT molecular complexity index is 1000. The van der Waals surface area contributed by atoms with Crippen molar-refractivity contribution < 1.29 is 28.9 Å². The number of benzene rings is 2. The van der Waals surface area contributed by atoms with Crippen LogP contribution >= 0.6 is 0 Å². The fraction of sp³-hybridized carbons (Fsp3) is 0.300. The Morgan fingerprint density at radius 1 is 1.11 bits per heavy atom. The van der Waals surface area contributed by atoms with Crippen LogP contribution < -0.4 is 10.3 Å². The molecule has 0 saturated carbocycles. The van der Waals surface area contributed by atoms with Crippen LogP contribution in [-0.2, 0) is 16.5 Å². The van der Waals surface area contributed by atoms with E-state index >= 15 is 0 Å². The first-order valence-corrected chi connectivity index (χ1v) is 9.13. The molecule has 0 radical (unpaired) electrons. The number of primary amides is 1. The Morgan fingerprint density at radius 3 is 2.32 bits per heavy atom. The van der Waals surface area contributed by atoms with E-state index in [4.69, 9.17) is 25.3 Å². The predicted octanol–water partition coefficient (Wildman–Crippen LogP) is 1.44. The molecule has 1 fully saturated rings. The summed E-state index contributed by atoms with van der Waals surface area (Å²) >= 11 is 0. The van der Waals surface area contributed by atoms with Gasteiger partial charge in [-0.15, -0.1) is 0 Å². The van der Waals surface area contributed by atoms with Crippen LogP contribution in [0.15, 0.2) is 42.5 Å². The molecular weight excluding hydrogens is 359 g/mol. The van der Waals surface area contributed by atoms with Gasteiger partial charge in [-0.05, 0) is 31.4 Å². The number of nitrogens with two attached hydrogens (primary N) is 1. The first-order valence-electron chi connectivity index (χ1n) is 9.13. The normalized spacial score (nSPS) is 14.6. The second-order valence-electron chi connectivity index (χ2n) is 6.65. The molecule has 0 aliphatic carbocycles. The standard InChI is InChI=1S/C19H18N2O3.CH5BO2/c1-21-16-8-7-12(19-23-9-4-10-24-19)11-15(16)13-5-2-3-6-14(13)17(21)18(20)22;1-2(3)4/h2-3,5-8,11,19H,4,9-10H2,1H3,(H-,20,22);3-4H,1H3/p+1. The minimum absolute atomic E-state index is 0.331. The summed E-state index contributed by atoms with van der Waals surface area (Å²) in [6.07, 6.45) is 0.590. The molecule has 4 rings (SSSR count). The summed E-state index contributed by atoms with van der Waals surface area (Å²) in [4.78, 5) is 12.0. The number of rotatable bonds is 2. The van der Waals surface area contributed by atoms with Crippen LogP contribution in [0.1, 0.15) is 28.8 Å². The van der Waals surface area contributed by atoms with Gasteiger partial charge in [-0.3, -0.25) is 4.79 Å². The zero-order valence-electron chi connectivity index (χ0n) is 16.0. The number of amides is 1. The van der Waals surface area contributed by atoms with E-state index in [1.807, 2.05) is 48.0 Å². The molecule has 0 spiro atoms. The Morgan fingerprint density at radius 2 is 1.71 bits per heavy atom. The lowest BCUT2D eigenvalue weighted by molar-refractivity contribution is -0.645. The van der Waals surface area contributed by atoms with Crippen molar-refractivity contribution in [2.75, 3.05) is 13.2 Å². The lowest BCUT2D eigenvalue weighted by atomic mass is 9.99. The van der Waals surface area contributed by atoms with E-state index in [9.17, 15) is 4.79 Å². The Hall–Kier alpha value is -2.52. The number of aryl methyl sites for hydroxylation is 1. The zero-order valence-corrected chi connectivity index (χ0v) is 16.0. The van der Waals surface area contributed by atoms with E-state index in [0.717, 1.165) is 33.7 Å². The van der Waals surface area contributed by atoms with Gasteiger partial charge in [0.2, 0.25) is 5.52 Å². The van der Waals surface area contributed by atoms with E-state index < -0.39 is 13.0 Å². The monoisotopic (exact) mass is 383 g/mol. The number of carbonyl (C=O) groups is 1. The number of ether oxygens (including phenoxy) is 2. The van der Waals surface area contributed by atoms with Crippen LogP contribution in [0.3, 0.4) is 0 Å². The maximum Gasteiger partial charge on any atom is 0.448 e. The van der Waals surface area contributed by atoms with Crippen molar-refractivity contribution in [3.8, 4) is 0 Å². The van der Waals surface area contributed by atoms with Crippen LogP contribution in [0.25, 0.3) is 21.7 Å².